The van der Waals surface area contributed by atoms with Gasteiger partial charge in [0.15, 0.2) is 5.82 Å². The monoisotopic (exact) mass is 354 g/mol. The molecule has 25 heavy (non-hydrogen) atoms. The van der Waals surface area contributed by atoms with Crippen molar-refractivity contribution in [1.82, 2.24) is 9.97 Å². The number of quaternary nitrogens is 1. The smallest absolute Gasteiger partial charge is 0.294 e. The van der Waals surface area contributed by atoms with E-state index in [2.05, 4.69) is 22.2 Å². The maximum atomic E-state index is 12.3. The van der Waals surface area contributed by atoms with Crippen molar-refractivity contribution in [3.63, 3.8) is 0 Å². The minimum atomic E-state index is -0.247. The Hall–Kier alpha value is -2.63. The van der Waals surface area contributed by atoms with Crippen molar-refractivity contribution in [2.24, 2.45) is 0 Å². The Morgan fingerprint density at radius 1 is 1.20 bits per heavy atom. The standard InChI is InChI=1S/C19H16ClN3O2/c1-11(12-6-8-13(20)9-7-12)21-10-16-22-17-14-4-2-3-5-15(14)25-18(17)19(24)23-16/h2-9,11,21H,10H2,1H3,(H,22,23,24)/p+1/t11-/m1/s1. The predicted molar refractivity (Wildman–Crippen MR) is 97.6 cm³/mol. The van der Waals surface area contributed by atoms with E-state index >= 15 is 0 Å². The first-order valence-electron chi connectivity index (χ1n) is 8.11. The maximum Gasteiger partial charge on any atom is 0.294 e. The van der Waals surface area contributed by atoms with Crippen LogP contribution in [0.15, 0.2) is 57.7 Å². The molecular formula is C19H17ClN3O2+. The van der Waals surface area contributed by atoms with Crippen molar-refractivity contribution in [2.45, 2.75) is 19.5 Å². The summed E-state index contributed by atoms with van der Waals surface area (Å²) in [6.07, 6.45) is 0. The van der Waals surface area contributed by atoms with Gasteiger partial charge >= 0.3 is 0 Å². The Morgan fingerprint density at radius 3 is 2.76 bits per heavy atom. The van der Waals surface area contributed by atoms with Gasteiger partial charge in [-0.1, -0.05) is 35.9 Å². The number of hydrogen-bond donors (Lipinski definition) is 2. The number of H-pyrrole nitrogens is 1. The topological polar surface area (TPSA) is 75.5 Å². The van der Waals surface area contributed by atoms with Crippen LogP contribution in [0.25, 0.3) is 22.1 Å². The van der Waals surface area contributed by atoms with Crippen molar-refractivity contribution < 1.29 is 9.73 Å². The molecule has 5 nitrogen and oxygen atoms in total. The fourth-order valence-electron chi connectivity index (χ4n) is 2.93. The van der Waals surface area contributed by atoms with Crippen molar-refractivity contribution in [1.29, 1.82) is 0 Å². The number of benzene rings is 2. The van der Waals surface area contributed by atoms with Gasteiger partial charge in [0.05, 0.1) is 0 Å². The molecule has 2 aromatic heterocycles. The Morgan fingerprint density at radius 2 is 1.96 bits per heavy atom. The van der Waals surface area contributed by atoms with E-state index < -0.39 is 0 Å². The third kappa shape index (κ3) is 3.04. The van der Waals surface area contributed by atoms with Gasteiger partial charge in [-0.15, -0.1) is 0 Å². The molecular weight excluding hydrogens is 338 g/mol. The van der Waals surface area contributed by atoms with Crippen LogP contribution < -0.4 is 10.9 Å². The Balaban J connectivity index is 1.62. The highest BCUT2D eigenvalue weighted by Gasteiger charge is 2.15. The lowest BCUT2D eigenvalue weighted by Crippen LogP contribution is -2.83. The maximum absolute atomic E-state index is 12.3. The fourth-order valence-corrected chi connectivity index (χ4v) is 3.06. The number of aromatic amines is 1. The Bertz CT molecular complexity index is 1100. The number of furan rings is 1. The van der Waals surface area contributed by atoms with Crippen LogP contribution in [0.2, 0.25) is 5.02 Å². The molecule has 0 saturated heterocycles. The molecule has 0 unspecified atom stereocenters. The van der Waals surface area contributed by atoms with Crippen molar-refractivity contribution in [2.75, 3.05) is 0 Å². The van der Waals surface area contributed by atoms with E-state index in [1.54, 1.807) is 0 Å². The lowest BCUT2D eigenvalue weighted by atomic mass is 10.1. The highest BCUT2D eigenvalue weighted by atomic mass is 35.5. The summed E-state index contributed by atoms with van der Waals surface area (Å²) in [6, 6.07) is 15.5. The number of para-hydroxylation sites is 1. The van der Waals surface area contributed by atoms with Gasteiger partial charge in [0.1, 0.15) is 23.7 Å². The Labute approximate surface area is 148 Å². The molecule has 6 heteroatoms. The summed E-state index contributed by atoms with van der Waals surface area (Å²) in [5, 5.41) is 3.70. The summed E-state index contributed by atoms with van der Waals surface area (Å²) in [5.41, 5.74) is 2.48. The lowest BCUT2D eigenvalue weighted by molar-refractivity contribution is -0.708. The summed E-state index contributed by atoms with van der Waals surface area (Å²) in [6.45, 7) is 2.67. The number of nitrogens with zero attached hydrogens (tertiary/aromatic N) is 1. The molecule has 0 aliphatic heterocycles. The van der Waals surface area contributed by atoms with E-state index in [0.29, 0.717) is 23.5 Å². The third-order valence-electron chi connectivity index (χ3n) is 4.34. The number of hydrogen-bond acceptors (Lipinski definition) is 3. The fraction of sp³-hybridized carbons (Fsp3) is 0.158. The zero-order valence-electron chi connectivity index (χ0n) is 13.6. The van der Waals surface area contributed by atoms with Crippen molar-refractivity contribution >= 4 is 33.7 Å². The van der Waals surface area contributed by atoms with E-state index in [1.165, 1.54) is 5.56 Å². The molecule has 0 fully saturated rings. The molecule has 4 aromatic rings. The van der Waals surface area contributed by atoms with Crippen LogP contribution in [0.4, 0.5) is 0 Å². The number of rotatable bonds is 4. The van der Waals surface area contributed by atoms with Crippen LogP contribution >= 0.6 is 11.6 Å². The zero-order valence-corrected chi connectivity index (χ0v) is 14.4. The summed E-state index contributed by atoms with van der Waals surface area (Å²) < 4.78 is 5.62. The minimum absolute atomic E-state index is 0.222. The van der Waals surface area contributed by atoms with Crippen LogP contribution in [0, 0.1) is 0 Å². The zero-order chi connectivity index (χ0) is 17.4. The van der Waals surface area contributed by atoms with Crippen LogP contribution in [0.3, 0.4) is 0 Å². The van der Waals surface area contributed by atoms with Gasteiger partial charge < -0.3 is 14.7 Å². The van der Waals surface area contributed by atoms with E-state index in [-0.39, 0.29) is 17.2 Å². The Kier molecular flexibility index (Phi) is 4.03. The second-order valence-electron chi connectivity index (χ2n) is 6.07. The molecule has 3 N–H and O–H groups in total. The molecule has 2 heterocycles. The molecule has 0 spiro atoms. The second kappa shape index (κ2) is 6.35. The molecule has 0 amide bonds. The highest BCUT2D eigenvalue weighted by Crippen LogP contribution is 2.24. The van der Waals surface area contributed by atoms with Gasteiger partial charge in [-0.3, -0.25) is 4.79 Å². The lowest BCUT2D eigenvalue weighted by Gasteiger charge is -2.10. The first kappa shape index (κ1) is 15.9. The summed E-state index contributed by atoms with van der Waals surface area (Å²) in [4.78, 5) is 19.7. The van der Waals surface area contributed by atoms with Crippen LogP contribution in [0.1, 0.15) is 24.4 Å². The third-order valence-corrected chi connectivity index (χ3v) is 4.59. The van der Waals surface area contributed by atoms with E-state index in [1.807, 2.05) is 48.5 Å². The average molecular weight is 355 g/mol. The van der Waals surface area contributed by atoms with Gasteiger partial charge in [-0.25, -0.2) is 4.98 Å². The van der Waals surface area contributed by atoms with Gasteiger partial charge in [0.25, 0.3) is 5.56 Å². The summed E-state index contributed by atoms with van der Waals surface area (Å²) in [5.74, 6) is 0.630. The molecule has 0 bridgehead atoms. The van der Waals surface area contributed by atoms with Crippen molar-refractivity contribution in [3.05, 3.63) is 75.3 Å². The van der Waals surface area contributed by atoms with E-state index in [9.17, 15) is 4.79 Å². The van der Waals surface area contributed by atoms with Crippen LogP contribution in [0.5, 0.6) is 0 Å². The van der Waals surface area contributed by atoms with Crippen LogP contribution in [-0.4, -0.2) is 9.97 Å². The molecule has 0 saturated carbocycles. The number of halogens is 1. The number of nitrogens with two attached hydrogens (primary N) is 1. The number of fused-ring (bicyclic) bond motifs is 3. The van der Waals surface area contributed by atoms with E-state index in [4.69, 9.17) is 16.0 Å². The van der Waals surface area contributed by atoms with Gasteiger partial charge in [0, 0.05) is 16.0 Å². The van der Waals surface area contributed by atoms with E-state index in [0.717, 1.165) is 10.4 Å². The highest BCUT2D eigenvalue weighted by molar-refractivity contribution is 6.30. The van der Waals surface area contributed by atoms with Gasteiger partial charge in [0.2, 0.25) is 5.58 Å². The molecule has 0 aliphatic rings. The number of nitrogens with one attached hydrogen (secondary N) is 1. The molecule has 2 aromatic carbocycles. The molecule has 4 rings (SSSR count). The van der Waals surface area contributed by atoms with Gasteiger partial charge in [-0.05, 0) is 31.2 Å². The van der Waals surface area contributed by atoms with Gasteiger partial charge in [-0.2, -0.15) is 0 Å². The number of aromatic nitrogens is 2. The second-order valence-corrected chi connectivity index (χ2v) is 6.51. The summed E-state index contributed by atoms with van der Waals surface area (Å²) >= 11 is 5.93. The molecule has 0 radical (unpaired) electrons. The first-order valence-corrected chi connectivity index (χ1v) is 8.49. The predicted octanol–water partition coefficient (Wildman–Crippen LogP) is 3.15. The molecule has 1 atom stereocenters. The van der Waals surface area contributed by atoms with Crippen molar-refractivity contribution in [3.8, 4) is 0 Å². The largest absolute Gasteiger partial charge is 0.449 e. The average Bonchev–Trinajstić information content (AvgIpc) is 3.00. The normalized spacial score (nSPS) is 12.7. The molecule has 0 aliphatic carbocycles. The molecule has 126 valence electrons. The SMILES string of the molecule is C[C@@H]([NH2+]Cc1nc2c(oc3ccccc32)c(=O)[nH]1)c1ccc(Cl)cc1. The first-order chi connectivity index (χ1) is 12.1. The quantitative estimate of drug-likeness (QED) is 0.591. The van der Waals surface area contributed by atoms with Crippen LogP contribution in [-0.2, 0) is 6.54 Å². The summed E-state index contributed by atoms with van der Waals surface area (Å²) in [7, 11) is 0. The minimum Gasteiger partial charge on any atom is -0.449 e.